The number of hydrogen-bond donors (Lipinski definition) is 2. The van der Waals surface area contributed by atoms with E-state index in [9.17, 15) is 4.79 Å². The summed E-state index contributed by atoms with van der Waals surface area (Å²) in [4.78, 5) is 16.3. The normalized spacial score (nSPS) is 11.2. The van der Waals surface area contributed by atoms with E-state index in [2.05, 4.69) is 32.9 Å². The second-order valence-electron chi connectivity index (χ2n) is 6.88. The summed E-state index contributed by atoms with van der Waals surface area (Å²) in [5.41, 5.74) is 4.17. The number of rotatable bonds is 8. The van der Waals surface area contributed by atoms with Crippen LogP contribution in [0.3, 0.4) is 0 Å². The van der Waals surface area contributed by atoms with E-state index in [0.29, 0.717) is 25.5 Å². The summed E-state index contributed by atoms with van der Waals surface area (Å²) in [5.74, 6) is 0.455. The van der Waals surface area contributed by atoms with Crippen LogP contribution in [-0.4, -0.2) is 40.9 Å². The van der Waals surface area contributed by atoms with Gasteiger partial charge in [-0.1, -0.05) is 18.2 Å². The zero-order valence-electron chi connectivity index (χ0n) is 17.9. The number of aryl methyl sites for hydroxylation is 2. The van der Waals surface area contributed by atoms with Gasteiger partial charge in [0.2, 0.25) is 0 Å². The van der Waals surface area contributed by atoms with Gasteiger partial charge in [-0.05, 0) is 52.3 Å². The van der Waals surface area contributed by atoms with E-state index in [1.54, 1.807) is 0 Å². The standard InChI is InChI=1S/C21H31N5O2.HI/c1-6-22-21(23-12-11-20(27)28-15(2)3)24-14-18-9-7-8-10-19(18)26-17(5)13-16(4)25-26;/h7-10,13,15H,6,11-12,14H2,1-5H3,(H2,22,23,24);1H. The lowest BCUT2D eigenvalue weighted by molar-refractivity contribution is -0.147. The summed E-state index contributed by atoms with van der Waals surface area (Å²) in [7, 11) is 0. The lowest BCUT2D eigenvalue weighted by atomic mass is 10.2. The molecular formula is C21H32IN5O2. The monoisotopic (exact) mass is 513 g/mol. The van der Waals surface area contributed by atoms with E-state index in [1.807, 2.05) is 57.5 Å². The molecule has 0 fully saturated rings. The number of aliphatic imine (C=N–C) groups is 1. The summed E-state index contributed by atoms with van der Waals surface area (Å²) in [6.07, 6.45) is 0.200. The number of halogens is 1. The Morgan fingerprint density at radius 2 is 1.97 bits per heavy atom. The lowest BCUT2D eigenvalue weighted by Gasteiger charge is -2.13. The molecule has 0 unspecified atom stereocenters. The summed E-state index contributed by atoms with van der Waals surface area (Å²) < 4.78 is 7.10. The van der Waals surface area contributed by atoms with E-state index in [0.717, 1.165) is 29.2 Å². The summed E-state index contributed by atoms with van der Waals surface area (Å²) in [6, 6.07) is 10.2. The molecule has 8 heteroatoms. The van der Waals surface area contributed by atoms with Gasteiger partial charge in [0.1, 0.15) is 0 Å². The van der Waals surface area contributed by atoms with Crippen molar-refractivity contribution in [3.8, 4) is 5.69 Å². The first-order valence-corrected chi connectivity index (χ1v) is 9.74. The van der Waals surface area contributed by atoms with Crippen LogP contribution in [0.4, 0.5) is 0 Å². The van der Waals surface area contributed by atoms with Crippen LogP contribution in [0, 0.1) is 13.8 Å². The third-order valence-corrected chi connectivity index (χ3v) is 3.97. The molecule has 0 radical (unpaired) electrons. The van der Waals surface area contributed by atoms with E-state index in [1.165, 1.54) is 0 Å². The molecule has 7 nitrogen and oxygen atoms in total. The van der Waals surface area contributed by atoms with Gasteiger partial charge in [-0.25, -0.2) is 9.67 Å². The lowest BCUT2D eigenvalue weighted by Crippen LogP contribution is -2.38. The van der Waals surface area contributed by atoms with E-state index in [-0.39, 0.29) is 36.0 Å². The third-order valence-electron chi connectivity index (χ3n) is 3.97. The molecule has 0 aliphatic heterocycles. The van der Waals surface area contributed by atoms with E-state index >= 15 is 0 Å². The van der Waals surface area contributed by atoms with Gasteiger partial charge in [-0.15, -0.1) is 24.0 Å². The number of carbonyl (C=O) groups is 1. The minimum absolute atomic E-state index is 0. The first-order valence-electron chi connectivity index (χ1n) is 9.74. The molecule has 1 aromatic carbocycles. The molecular weight excluding hydrogens is 481 g/mol. The van der Waals surface area contributed by atoms with Gasteiger partial charge >= 0.3 is 5.97 Å². The number of guanidine groups is 1. The Hall–Kier alpha value is -2.10. The van der Waals surface area contributed by atoms with Crippen molar-refractivity contribution in [1.82, 2.24) is 20.4 Å². The van der Waals surface area contributed by atoms with Crippen molar-refractivity contribution in [2.75, 3.05) is 13.1 Å². The number of esters is 1. The second-order valence-corrected chi connectivity index (χ2v) is 6.88. The zero-order chi connectivity index (χ0) is 20.5. The first-order chi connectivity index (χ1) is 13.4. The Morgan fingerprint density at radius 1 is 1.24 bits per heavy atom. The Kier molecular flexibility index (Phi) is 10.7. The van der Waals surface area contributed by atoms with Gasteiger partial charge in [-0.3, -0.25) is 4.79 Å². The fraction of sp³-hybridized carbons (Fsp3) is 0.476. The third kappa shape index (κ3) is 8.04. The molecule has 2 rings (SSSR count). The maximum atomic E-state index is 11.7. The predicted octanol–water partition coefficient (Wildman–Crippen LogP) is 3.50. The number of nitrogens with zero attached hydrogens (tertiary/aromatic N) is 3. The first kappa shape index (κ1) is 24.9. The molecule has 160 valence electrons. The van der Waals surface area contributed by atoms with Gasteiger partial charge in [0.05, 0.1) is 30.5 Å². The fourth-order valence-corrected chi connectivity index (χ4v) is 2.83. The Bertz CT molecular complexity index is 817. The maximum absolute atomic E-state index is 11.7. The number of nitrogens with one attached hydrogen (secondary N) is 2. The highest BCUT2D eigenvalue weighted by atomic mass is 127. The average molecular weight is 513 g/mol. The van der Waals surface area contributed by atoms with Crippen molar-refractivity contribution in [3.63, 3.8) is 0 Å². The van der Waals surface area contributed by atoms with Crippen LogP contribution in [0.1, 0.15) is 44.1 Å². The molecule has 0 amide bonds. The van der Waals surface area contributed by atoms with Crippen molar-refractivity contribution in [2.24, 2.45) is 4.99 Å². The largest absolute Gasteiger partial charge is 0.463 e. The average Bonchev–Trinajstić information content (AvgIpc) is 2.97. The van der Waals surface area contributed by atoms with Crippen molar-refractivity contribution in [1.29, 1.82) is 0 Å². The molecule has 0 aliphatic rings. The highest BCUT2D eigenvalue weighted by Gasteiger charge is 2.09. The quantitative estimate of drug-likeness (QED) is 0.245. The van der Waals surface area contributed by atoms with Crippen LogP contribution in [0.2, 0.25) is 0 Å². The van der Waals surface area contributed by atoms with Gasteiger partial charge in [0.15, 0.2) is 5.96 Å². The number of benzene rings is 1. The predicted molar refractivity (Wildman–Crippen MR) is 127 cm³/mol. The summed E-state index contributed by atoms with van der Waals surface area (Å²) >= 11 is 0. The molecule has 0 bridgehead atoms. The molecule has 2 aromatic rings. The molecule has 2 N–H and O–H groups in total. The van der Waals surface area contributed by atoms with Crippen molar-refractivity contribution < 1.29 is 9.53 Å². The van der Waals surface area contributed by atoms with Gasteiger partial charge in [0.25, 0.3) is 0 Å². The molecule has 0 spiro atoms. The zero-order valence-corrected chi connectivity index (χ0v) is 20.2. The molecule has 1 aromatic heterocycles. The summed E-state index contributed by atoms with van der Waals surface area (Å²) in [5, 5.41) is 11.0. The highest BCUT2D eigenvalue weighted by Crippen LogP contribution is 2.17. The number of ether oxygens (including phenoxy) is 1. The molecule has 1 heterocycles. The highest BCUT2D eigenvalue weighted by molar-refractivity contribution is 14.0. The van der Waals surface area contributed by atoms with Crippen LogP contribution in [0.5, 0.6) is 0 Å². The summed E-state index contributed by atoms with van der Waals surface area (Å²) in [6.45, 7) is 11.4. The van der Waals surface area contributed by atoms with Crippen LogP contribution in [0.25, 0.3) is 5.69 Å². The van der Waals surface area contributed by atoms with Crippen LogP contribution in [0.15, 0.2) is 35.3 Å². The fourth-order valence-electron chi connectivity index (χ4n) is 2.83. The molecule has 0 saturated heterocycles. The number of aromatic nitrogens is 2. The number of para-hydroxylation sites is 1. The smallest absolute Gasteiger partial charge is 0.307 e. The van der Waals surface area contributed by atoms with Crippen LogP contribution < -0.4 is 10.6 Å². The Morgan fingerprint density at radius 3 is 2.59 bits per heavy atom. The maximum Gasteiger partial charge on any atom is 0.307 e. The minimum Gasteiger partial charge on any atom is -0.463 e. The van der Waals surface area contributed by atoms with Crippen LogP contribution in [-0.2, 0) is 16.1 Å². The van der Waals surface area contributed by atoms with Crippen molar-refractivity contribution in [2.45, 2.75) is 53.7 Å². The second kappa shape index (κ2) is 12.5. The van der Waals surface area contributed by atoms with Crippen molar-refractivity contribution >= 4 is 35.9 Å². The molecule has 0 atom stereocenters. The van der Waals surface area contributed by atoms with E-state index in [4.69, 9.17) is 4.74 Å². The van der Waals surface area contributed by atoms with E-state index < -0.39 is 0 Å². The Labute approximate surface area is 190 Å². The Balaban J connectivity index is 0.00000420. The van der Waals surface area contributed by atoms with Gasteiger partial charge < -0.3 is 15.4 Å². The molecule has 29 heavy (non-hydrogen) atoms. The van der Waals surface area contributed by atoms with Gasteiger partial charge in [-0.2, -0.15) is 5.10 Å². The van der Waals surface area contributed by atoms with Gasteiger partial charge in [0, 0.05) is 18.8 Å². The number of hydrogen-bond acceptors (Lipinski definition) is 4. The minimum atomic E-state index is -0.215. The molecule has 0 aliphatic carbocycles. The van der Waals surface area contributed by atoms with Crippen LogP contribution >= 0.6 is 24.0 Å². The SMILES string of the molecule is CCNC(=NCc1ccccc1-n1nc(C)cc1C)NCCC(=O)OC(C)C.I. The van der Waals surface area contributed by atoms with Crippen molar-refractivity contribution in [3.05, 3.63) is 47.3 Å². The molecule has 0 saturated carbocycles. The topological polar surface area (TPSA) is 80.5 Å². The number of carbonyl (C=O) groups excluding carboxylic acids is 1.